The molecule has 0 aliphatic heterocycles. The summed E-state index contributed by atoms with van der Waals surface area (Å²) in [4.78, 5) is 8.37. The Labute approximate surface area is 86.7 Å². The molecule has 0 aliphatic carbocycles. The highest BCUT2D eigenvalue weighted by atomic mass is 79.9. The third kappa shape index (κ3) is 2.74. The Hall–Kier alpha value is -0.480. The van der Waals surface area contributed by atoms with Crippen molar-refractivity contribution < 1.29 is 4.74 Å². The van der Waals surface area contributed by atoms with Gasteiger partial charge in [0.1, 0.15) is 5.60 Å². The van der Waals surface area contributed by atoms with Gasteiger partial charge in [0.2, 0.25) is 0 Å². The molecule has 0 aliphatic rings. The summed E-state index contributed by atoms with van der Waals surface area (Å²) in [6, 6.07) is 0. The molecule has 1 aromatic rings. The molecular weight excluding hydrogens is 232 g/mol. The van der Waals surface area contributed by atoms with Gasteiger partial charge in [-0.05, 0) is 36.7 Å². The van der Waals surface area contributed by atoms with E-state index in [-0.39, 0.29) is 0 Å². The summed E-state index contributed by atoms with van der Waals surface area (Å²) in [5.74, 6) is 0.706. The number of ether oxygens (including phenoxy) is 1. The average molecular weight is 245 g/mol. The molecule has 72 valence electrons. The molecule has 13 heavy (non-hydrogen) atoms. The van der Waals surface area contributed by atoms with Crippen molar-refractivity contribution in [2.24, 2.45) is 0 Å². The molecule has 1 heterocycles. The zero-order valence-electron chi connectivity index (χ0n) is 8.04. The Morgan fingerprint density at radius 1 is 1.38 bits per heavy atom. The number of rotatable bonds is 3. The molecule has 0 N–H and O–H groups in total. The van der Waals surface area contributed by atoms with Crippen LogP contribution in [0.15, 0.2) is 16.9 Å². The van der Waals surface area contributed by atoms with Crippen LogP contribution < -0.4 is 0 Å². The predicted molar refractivity (Wildman–Crippen MR) is 54.4 cm³/mol. The van der Waals surface area contributed by atoms with Gasteiger partial charge in [-0.1, -0.05) is 0 Å². The number of halogens is 1. The van der Waals surface area contributed by atoms with Crippen LogP contribution in [0.2, 0.25) is 0 Å². The third-order valence-corrected chi connectivity index (χ3v) is 2.07. The van der Waals surface area contributed by atoms with E-state index in [1.807, 2.05) is 20.8 Å². The highest BCUT2D eigenvalue weighted by molar-refractivity contribution is 9.10. The lowest BCUT2D eigenvalue weighted by Crippen LogP contribution is -2.24. The predicted octanol–water partition coefficient (Wildman–Crippen LogP) is 2.51. The molecule has 0 saturated heterocycles. The fourth-order valence-corrected chi connectivity index (χ4v) is 1.25. The maximum atomic E-state index is 5.51. The number of hydrogen-bond acceptors (Lipinski definition) is 3. The molecule has 1 rings (SSSR count). The van der Waals surface area contributed by atoms with Crippen LogP contribution in [0, 0.1) is 0 Å². The number of aromatic nitrogens is 2. The second kappa shape index (κ2) is 4.15. The van der Waals surface area contributed by atoms with Gasteiger partial charge in [-0.3, -0.25) is 0 Å². The Morgan fingerprint density at radius 2 is 1.92 bits per heavy atom. The van der Waals surface area contributed by atoms with Crippen LogP contribution in [0.4, 0.5) is 0 Å². The van der Waals surface area contributed by atoms with Crippen LogP contribution in [-0.2, 0) is 10.3 Å². The highest BCUT2D eigenvalue weighted by Gasteiger charge is 2.23. The molecule has 3 nitrogen and oxygen atoms in total. The summed E-state index contributed by atoms with van der Waals surface area (Å²) in [5.41, 5.74) is -0.407. The number of hydrogen-bond donors (Lipinski definition) is 0. The molecule has 1 aromatic heterocycles. The van der Waals surface area contributed by atoms with E-state index in [1.165, 1.54) is 0 Å². The highest BCUT2D eigenvalue weighted by Crippen LogP contribution is 2.20. The topological polar surface area (TPSA) is 35.0 Å². The van der Waals surface area contributed by atoms with E-state index in [0.29, 0.717) is 12.4 Å². The molecule has 0 unspecified atom stereocenters. The summed E-state index contributed by atoms with van der Waals surface area (Å²) in [5, 5.41) is 0. The first-order valence-electron chi connectivity index (χ1n) is 4.18. The maximum absolute atomic E-state index is 5.51. The average Bonchev–Trinajstić information content (AvgIpc) is 2.05. The van der Waals surface area contributed by atoms with Crippen molar-refractivity contribution >= 4 is 15.9 Å². The van der Waals surface area contributed by atoms with Crippen LogP contribution in [0.5, 0.6) is 0 Å². The molecular formula is C9H13BrN2O. The zero-order chi connectivity index (χ0) is 9.90. The van der Waals surface area contributed by atoms with E-state index >= 15 is 0 Å². The summed E-state index contributed by atoms with van der Waals surface area (Å²) >= 11 is 3.29. The van der Waals surface area contributed by atoms with E-state index in [9.17, 15) is 0 Å². The van der Waals surface area contributed by atoms with Crippen LogP contribution in [0.3, 0.4) is 0 Å². The fraction of sp³-hybridized carbons (Fsp3) is 0.556. The van der Waals surface area contributed by atoms with Crippen LogP contribution in [0.25, 0.3) is 0 Å². The number of nitrogens with zero attached hydrogens (tertiary/aromatic N) is 2. The normalized spacial score (nSPS) is 11.7. The monoisotopic (exact) mass is 244 g/mol. The lowest BCUT2D eigenvalue weighted by atomic mass is 10.1. The second-order valence-corrected chi connectivity index (χ2v) is 4.08. The van der Waals surface area contributed by atoms with Gasteiger partial charge in [-0.2, -0.15) is 0 Å². The molecule has 0 radical (unpaired) electrons. The second-order valence-electron chi connectivity index (χ2n) is 3.17. The maximum Gasteiger partial charge on any atom is 0.159 e. The van der Waals surface area contributed by atoms with Crippen molar-refractivity contribution in [3.05, 3.63) is 22.7 Å². The van der Waals surface area contributed by atoms with E-state index in [4.69, 9.17) is 4.74 Å². The molecule has 0 saturated carbocycles. The van der Waals surface area contributed by atoms with E-state index in [2.05, 4.69) is 25.9 Å². The molecule has 0 fully saturated rings. The minimum absolute atomic E-state index is 0.407. The first-order valence-corrected chi connectivity index (χ1v) is 4.97. The van der Waals surface area contributed by atoms with Gasteiger partial charge in [0.15, 0.2) is 5.82 Å². The van der Waals surface area contributed by atoms with Crippen molar-refractivity contribution in [1.82, 2.24) is 9.97 Å². The standard InChI is InChI=1S/C9H13BrN2O/c1-4-13-9(2,3)8-11-5-7(10)6-12-8/h5-6H,4H2,1-3H3. The molecule has 0 aromatic carbocycles. The first kappa shape index (κ1) is 10.6. The van der Waals surface area contributed by atoms with E-state index < -0.39 is 5.60 Å². The lowest BCUT2D eigenvalue weighted by Gasteiger charge is -2.22. The van der Waals surface area contributed by atoms with Crippen molar-refractivity contribution in [2.45, 2.75) is 26.4 Å². The summed E-state index contributed by atoms with van der Waals surface area (Å²) in [6.07, 6.45) is 3.45. The minimum atomic E-state index is -0.407. The minimum Gasteiger partial charge on any atom is -0.368 e. The van der Waals surface area contributed by atoms with Crippen molar-refractivity contribution in [3.8, 4) is 0 Å². The molecule has 0 amide bonds. The van der Waals surface area contributed by atoms with Gasteiger partial charge < -0.3 is 4.74 Å². The third-order valence-electron chi connectivity index (χ3n) is 1.66. The zero-order valence-corrected chi connectivity index (χ0v) is 9.63. The van der Waals surface area contributed by atoms with E-state index in [1.54, 1.807) is 12.4 Å². The fourth-order valence-electron chi connectivity index (χ4n) is 1.05. The summed E-state index contributed by atoms with van der Waals surface area (Å²) in [7, 11) is 0. The van der Waals surface area contributed by atoms with Crippen LogP contribution in [-0.4, -0.2) is 16.6 Å². The molecule has 0 bridgehead atoms. The quantitative estimate of drug-likeness (QED) is 0.820. The smallest absolute Gasteiger partial charge is 0.159 e. The van der Waals surface area contributed by atoms with Gasteiger partial charge in [0.25, 0.3) is 0 Å². The Balaban J connectivity index is 2.87. The van der Waals surface area contributed by atoms with Crippen LogP contribution >= 0.6 is 15.9 Å². The first-order chi connectivity index (χ1) is 6.06. The molecule has 0 atom stereocenters. The Kier molecular flexibility index (Phi) is 3.39. The Morgan fingerprint density at radius 3 is 2.38 bits per heavy atom. The van der Waals surface area contributed by atoms with Gasteiger partial charge in [-0.25, -0.2) is 9.97 Å². The van der Waals surface area contributed by atoms with Gasteiger partial charge in [-0.15, -0.1) is 0 Å². The van der Waals surface area contributed by atoms with Gasteiger partial charge in [0.05, 0.1) is 4.47 Å². The lowest BCUT2D eigenvalue weighted by molar-refractivity contribution is -0.0208. The van der Waals surface area contributed by atoms with Crippen molar-refractivity contribution in [3.63, 3.8) is 0 Å². The SMILES string of the molecule is CCOC(C)(C)c1ncc(Br)cn1. The van der Waals surface area contributed by atoms with Crippen LogP contribution in [0.1, 0.15) is 26.6 Å². The largest absolute Gasteiger partial charge is 0.368 e. The summed E-state index contributed by atoms with van der Waals surface area (Å²) in [6.45, 7) is 6.53. The Bertz CT molecular complexity index is 271. The van der Waals surface area contributed by atoms with Gasteiger partial charge >= 0.3 is 0 Å². The molecule has 0 spiro atoms. The van der Waals surface area contributed by atoms with Gasteiger partial charge in [0, 0.05) is 19.0 Å². The summed E-state index contributed by atoms with van der Waals surface area (Å²) < 4.78 is 6.39. The van der Waals surface area contributed by atoms with Crippen molar-refractivity contribution in [2.75, 3.05) is 6.61 Å². The van der Waals surface area contributed by atoms with Crippen molar-refractivity contribution in [1.29, 1.82) is 0 Å². The van der Waals surface area contributed by atoms with E-state index in [0.717, 1.165) is 4.47 Å². The molecule has 4 heteroatoms.